The van der Waals surface area contributed by atoms with Gasteiger partial charge in [0.2, 0.25) is 5.88 Å². The second-order valence-corrected chi connectivity index (χ2v) is 5.26. The highest BCUT2D eigenvalue weighted by molar-refractivity contribution is 6.28. The fourth-order valence-electron chi connectivity index (χ4n) is 2.12. The van der Waals surface area contributed by atoms with Gasteiger partial charge in [-0.2, -0.15) is 0 Å². The molecule has 0 aliphatic rings. The lowest BCUT2D eigenvalue weighted by Gasteiger charge is -2.07. The highest BCUT2D eigenvalue weighted by atomic mass is 35.5. The molecule has 0 saturated carbocycles. The first-order valence-electron chi connectivity index (χ1n) is 6.23. The molecule has 0 saturated heterocycles. The lowest BCUT2D eigenvalue weighted by atomic mass is 10.1. The van der Waals surface area contributed by atoms with Gasteiger partial charge in [0.05, 0.1) is 0 Å². The van der Waals surface area contributed by atoms with E-state index >= 15 is 0 Å². The Bertz CT molecular complexity index is 714. The average Bonchev–Trinajstić information content (AvgIpc) is 2.91. The predicted molar refractivity (Wildman–Crippen MR) is 74.7 cm³/mol. The van der Waals surface area contributed by atoms with Crippen molar-refractivity contribution in [3.8, 4) is 5.88 Å². The molecular weight excluding hydrogens is 262 g/mol. The summed E-state index contributed by atoms with van der Waals surface area (Å²) in [7, 11) is 0. The fourth-order valence-corrected chi connectivity index (χ4v) is 2.26. The van der Waals surface area contributed by atoms with Crippen LogP contribution in [-0.2, 0) is 6.42 Å². The van der Waals surface area contributed by atoms with Gasteiger partial charge in [0.15, 0.2) is 10.9 Å². The monoisotopic (exact) mass is 275 g/mol. The first-order valence-corrected chi connectivity index (χ1v) is 6.61. The molecule has 3 aromatic rings. The Morgan fingerprint density at radius 3 is 2.84 bits per heavy atom. The normalized spacial score (nSPS) is 11.6. The molecule has 0 aromatic carbocycles. The van der Waals surface area contributed by atoms with E-state index in [1.807, 2.05) is 22.8 Å². The van der Waals surface area contributed by atoms with Crippen LogP contribution in [0.5, 0.6) is 0 Å². The standard InChI is InChI=1S/C14H14ClN3O/c1-9(2)8-12-17-10-4-3-7-16-14(10)18(12)13-6-5-11(15)19-13/h3-7,9H,8H2,1-2H3. The van der Waals surface area contributed by atoms with E-state index in [2.05, 4.69) is 23.8 Å². The number of nitrogens with zero attached hydrogens (tertiary/aromatic N) is 3. The number of aromatic nitrogens is 3. The van der Waals surface area contributed by atoms with Crippen molar-refractivity contribution >= 4 is 22.8 Å². The number of halogens is 1. The van der Waals surface area contributed by atoms with Crippen LogP contribution in [0, 0.1) is 5.92 Å². The van der Waals surface area contributed by atoms with E-state index < -0.39 is 0 Å². The van der Waals surface area contributed by atoms with Gasteiger partial charge in [-0.3, -0.25) is 0 Å². The molecule has 0 atom stereocenters. The summed E-state index contributed by atoms with van der Waals surface area (Å²) in [4.78, 5) is 9.03. The molecule has 0 aliphatic heterocycles. The third-order valence-corrected chi connectivity index (χ3v) is 3.06. The minimum absolute atomic E-state index is 0.364. The first-order chi connectivity index (χ1) is 9.15. The van der Waals surface area contributed by atoms with Crippen molar-refractivity contribution in [1.29, 1.82) is 0 Å². The van der Waals surface area contributed by atoms with Gasteiger partial charge >= 0.3 is 0 Å². The summed E-state index contributed by atoms with van der Waals surface area (Å²) in [5.41, 5.74) is 1.66. The highest BCUT2D eigenvalue weighted by Gasteiger charge is 2.16. The summed E-state index contributed by atoms with van der Waals surface area (Å²) in [6.45, 7) is 4.32. The Morgan fingerprint density at radius 1 is 1.32 bits per heavy atom. The molecule has 3 heterocycles. The van der Waals surface area contributed by atoms with Gasteiger partial charge in [0.1, 0.15) is 11.3 Å². The summed E-state index contributed by atoms with van der Waals surface area (Å²) in [5.74, 6) is 2.09. The molecular formula is C14H14ClN3O. The summed E-state index contributed by atoms with van der Waals surface area (Å²) in [6, 6.07) is 7.40. The maximum atomic E-state index is 5.87. The second-order valence-electron chi connectivity index (χ2n) is 4.89. The van der Waals surface area contributed by atoms with E-state index in [4.69, 9.17) is 16.0 Å². The lowest BCUT2D eigenvalue weighted by Crippen LogP contribution is -2.04. The zero-order valence-electron chi connectivity index (χ0n) is 10.8. The zero-order valence-corrected chi connectivity index (χ0v) is 11.6. The molecule has 0 spiro atoms. The zero-order chi connectivity index (χ0) is 13.4. The minimum Gasteiger partial charge on any atom is -0.428 e. The first kappa shape index (κ1) is 12.2. The van der Waals surface area contributed by atoms with Crippen LogP contribution in [-0.4, -0.2) is 14.5 Å². The summed E-state index contributed by atoms with van der Waals surface area (Å²) < 4.78 is 7.44. The Balaban J connectivity index is 2.24. The van der Waals surface area contributed by atoms with Gasteiger partial charge in [0, 0.05) is 18.7 Å². The maximum Gasteiger partial charge on any atom is 0.208 e. The summed E-state index contributed by atoms with van der Waals surface area (Å²) in [6.07, 6.45) is 2.61. The van der Waals surface area contributed by atoms with E-state index in [-0.39, 0.29) is 0 Å². The Hall–Kier alpha value is -1.81. The molecule has 0 bridgehead atoms. The van der Waals surface area contributed by atoms with Gasteiger partial charge in [-0.15, -0.1) is 0 Å². The van der Waals surface area contributed by atoms with Gasteiger partial charge in [-0.25, -0.2) is 14.5 Å². The van der Waals surface area contributed by atoms with Crippen LogP contribution in [0.15, 0.2) is 34.9 Å². The van der Waals surface area contributed by atoms with E-state index in [9.17, 15) is 0 Å². The molecule has 0 radical (unpaired) electrons. The van der Waals surface area contributed by atoms with E-state index in [1.54, 1.807) is 12.3 Å². The van der Waals surface area contributed by atoms with Crippen LogP contribution in [0.2, 0.25) is 5.22 Å². The largest absolute Gasteiger partial charge is 0.428 e. The molecule has 0 unspecified atom stereocenters. The third kappa shape index (κ3) is 2.24. The number of hydrogen-bond donors (Lipinski definition) is 0. The number of furan rings is 1. The molecule has 0 N–H and O–H groups in total. The fraction of sp³-hybridized carbons (Fsp3) is 0.286. The average molecular weight is 276 g/mol. The Morgan fingerprint density at radius 2 is 2.16 bits per heavy atom. The van der Waals surface area contributed by atoms with Crippen LogP contribution in [0.25, 0.3) is 17.0 Å². The van der Waals surface area contributed by atoms with Gasteiger partial charge < -0.3 is 4.42 Å². The molecule has 0 amide bonds. The van der Waals surface area contributed by atoms with Crippen LogP contribution < -0.4 is 0 Å². The molecule has 98 valence electrons. The van der Waals surface area contributed by atoms with E-state index in [0.717, 1.165) is 23.4 Å². The molecule has 0 aliphatic carbocycles. The molecule has 3 aromatic heterocycles. The highest BCUT2D eigenvalue weighted by Crippen LogP contribution is 2.24. The van der Waals surface area contributed by atoms with Gasteiger partial charge in [-0.1, -0.05) is 13.8 Å². The summed E-state index contributed by atoms with van der Waals surface area (Å²) in [5, 5.41) is 0.364. The second kappa shape index (κ2) is 4.70. The maximum absolute atomic E-state index is 5.87. The van der Waals surface area contributed by atoms with Crippen molar-refractivity contribution in [2.24, 2.45) is 5.92 Å². The van der Waals surface area contributed by atoms with Crippen molar-refractivity contribution in [3.63, 3.8) is 0 Å². The molecule has 4 nitrogen and oxygen atoms in total. The molecule has 5 heteroatoms. The van der Waals surface area contributed by atoms with Crippen LogP contribution in [0.1, 0.15) is 19.7 Å². The third-order valence-electron chi connectivity index (χ3n) is 2.86. The van der Waals surface area contributed by atoms with Gasteiger partial charge in [0.25, 0.3) is 0 Å². The van der Waals surface area contributed by atoms with Crippen molar-refractivity contribution in [3.05, 3.63) is 41.5 Å². The van der Waals surface area contributed by atoms with Crippen LogP contribution in [0.4, 0.5) is 0 Å². The van der Waals surface area contributed by atoms with Crippen molar-refractivity contribution in [2.45, 2.75) is 20.3 Å². The Labute approximate surface area is 116 Å². The predicted octanol–water partition coefficient (Wildman–Crippen LogP) is 3.87. The molecule has 0 fully saturated rings. The van der Waals surface area contributed by atoms with Crippen molar-refractivity contribution < 1.29 is 4.42 Å². The minimum atomic E-state index is 0.364. The SMILES string of the molecule is CC(C)Cc1nc2cccnc2n1-c1ccc(Cl)o1. The number of hydrogen-bond acceptors (Lipinski definition) is 3. The van der Waals surface area contributed by atoms with E-state index in [0.29, 0.717) is 17.0 Å². The van der Waals surface area contributed by atoms with Crippen molar-refractivity contribution in [1.82, 2.24) is 14.5 Å². The van der Waals surface area contributed by atoms with E-state index in [1.165, 1.54) is 0 Å². The number of pyridine rings is 1. The van der Waals surface area contributed by atoms with Crippen LogP contribution >= 0.6 is 11.6 Å². The topological polar surface area (TPSA) is 43.9 Å². The molecule has 19 heavy (non-hydrogen) atoms. The number of imidazole rings is 1. The number of fused-ring (bicyclic) bond motifs is 1. The number of rotatable bonds is 3. The van der Waals surface area contributed by atoms with Crippen molar-refractivity contribution in [2.75, 3.05) is 0 Å². The lowest BCUT2D eigenvalue weighted by molar-refractivity contribution is 0.527. The Kier molecular flexibility index (Phi) is 3.03. The van der Waals surface area contributed by atoms with Crippen LogP contribution in [0.3, 0.4) is 0 Å². The summed E-state index contributed by atoms with van der Waals surface area (Å²) >= 11 is 5.87. The quantitative estimate of drug-likeness (QED) is 0.729. The van der Waals surface area contributed by atoms with Gasteiger partial charge in [-0.05, 0) is 35.7 Å². The smallest absolute Gasteiger partial charge is 0.208 e. The molecule has 3 rings (SSSR count).